The number of aromatic nitrogens is 2. The lowest BCUT2D eigenvalue weighted by Crippen LogP contribution is -2.36. The largest absolute Gasteiger partial charge is 0.369 e. The molecule has 0 aromatic carbocycles. The van der Waals surface area contributed by atoms with Crippen LogP contribution in [-0.4, -0.2) is 52.6 Å². The highest BCUT2D eigenvalue weighted by Gasteiger charge is 2.09. The quantitative estimate of drug-likeness (QED) is 0.827. The van der Waals surface area contributed by atoms with Crippen molar-refractivity contribution in [2.45, 2.75) is 13.3 Å². The molecule has 18 heavy (non-hydrogen) atoms. The van der Waals surface area contributed by atoms with Gasteiger partial charge in [-0.3, -0.25) is 9.69 Å². The fourth-order valence-electron chi connectivity index (χ4n) is 1.93. The number of H-pyrrole nitrogens is 1. The molecule has 1 fully saturated rings. The van der Waals surface area contributed by atoms with E-state index in [1.165, 1.54) is 17.6 Å². The maximum Gasteiger partial charge on any atom is 0.252 e. The molecule has 0 aliphatic carbocycles. The Kier molecular flexibility index (Phi) is 5.07. The lowest BCUT2D eigenvalue weighted by molar-refractivity contribution is 0.314. The normalized spacial score (nSPS) is 16.7. The van der Waals surface area contributed by atoms with Crippen molar-refractivity contribution in [2.24, 2.45) is 0 Å². The molecular formula is C12H20N4OS. The van der Waals surface area contributed by atoms with Crippen molar-refractivity contribution in [3.05, 3.63) is 22.2 Å². The molecule has 0 amide bonds. The number of anilines is 1. The van der Waals surface area contributed by atoms with E-state index in [2.05, 4.69) is 20.2 Å². The zero-order chi connectivity index (χ0) is 12.8. The van der Waals surface area contributed by atoms with E-state index in [9.17, 15) is 4.79 Å². The summed E-state index contributed by atoms with van der Waals surface area (Å²) in [5, 5.41) is 3.23. The third-order valence-corrected chi connectivity index (χ3v) is 3.91. The summed E-state index contributed by atoms with van der Waals surface area (Å²) in [6.45, 7) is 6.15. The first kappa shape index (κ1) is 13.4. The second-order valence-electron chi connectivity index (χ2n) is 4.31. The highest BCUT2D eigenvalue weighted by Crippen LogP contribution is 2.08. The summed E-state index contributed by atoms with van der Waals surface area (Å²) in [5.74, 6) is 3.87. The molecule has 6 heteroatoms. The van der Waals surface area contributed by atoms with Crippen LogP contribution in [0.15, 0.2) is 10.9 Å². The lowest BCUT2D eigenvalue weighted by Gasteiger charge is -2.26. The van der Waals surface area contributed by atoms with E-state index in [4.69, 9.17) is 0 Å². The predicted octanol–water partition coefficient (Wildman–Crippen LogP) is 0.793. The molecule has 1 aliphatic heterocycles. The summed E-state index contributed by atoms with van der Waals surface area (Å²) in [5.41, 5.74) is -0.0845. The molecule has 2 heterocycles. The van der Waals surface area contributed by atoms with Crippen LogP contribution in [0.4, 0.5) is 5.82 Å². The minimum Gasteiger partial charge on any atom is -0.369 e. The average molecular weight is 268 g/mol. The summed E-state index contributed by atoms with van der Waals surface area (Å²) in [6, 6.07) is 1.52. The Bertz CT molecular complexity index is 428. The van der Waals surface area contributed by atoms with E-state index >= 15 is 0 Å². The second-order valence-corrected chi connectivity index (χ2v) is 5.54. The van der Waals surface area contributed by atoms with Gasteiger partial charge in [-0.05, 0) is 0 Å². The summed E-state index contributed by atoms with van der Waals surface area (Å²) in [6.07, 6.45) is 0.744. The van der Waals surface area contributed by atoms with Gasteiger partial charge in [0.1, 0.15) is 11.6 Å². The fourth-order valence-corrected chi connectivity index (χ4v) is 2.91. The van der Waals surface area contributed by atoms with E-state index in [0.717, 1.165) is 38.4 Å². The van der Waals surface area contributed by atoms with Crippen LogP contribution < -0.4 is 10.9 Å². The Labute approximate surface area is 111 Å². The lowest BCUT2D eigenvalue weighted by atomic mass is 10.4. The molecule has 0 unspecified atom stereocenters. The van der Waals surface area contributed by atoms with Crippen LogP contribution in [0.25, 0.3) is 0 Å². The molecule has 2 N–H and O–H groups in total. The standard InChI is InChI=1S/C12H20N4OS/c1-2-10-14-11(9-12(17)15-10)13-3-4-16-5-7-18-8-6-16/h9H,2-8H2,1H3,(H2,13,14,15,17). The third kappa shape index (κ3) is 4.03. The van der Waals surface area contributed by atoms with Gasteiger partial charge in [-0.2, -0.15) is 11.8 Å². The van der Waals surface area contributed by atoms with Crippen molar-refractivity contribution in [2.75, 3.05) is 43.0 Å². The molecule has 0 spiro atoms. The Morgan fingerprint density at radius 1 is 1.50 bits per heavy atom. The van der Waals surface area contributed by atoms with Crippen LogP contribution in [0.3, 0.4) is 0 Å². The molecule has 5 nitrogen and oxygen atoms in total. The zero-order valence-corrected chi connectivity index (χ0v) is 11.6. The van der Waals surface area contributed by atoms with Gasteiger partial charge < -0.3 is 10.3 Å². The minimum absolute atomic E-state index is 0.0845. The Morgan fingerprint density at radius 3 is 3.00 bits per heavy atom. The molecule has 1 saturated heterocycles. The van der Waals surface area contributed by atoms with Gasteiger partial charge in [0.2, 0.25) is 0 Å². The monoisotopic (exact) mass is 268 g/mol. The maximum atomic E-state index is 11.4. The number of hydrogen-bond acceptors (Lipinski definition) is 5. The number of thioether (sulfide) groups is 1. The van der Waals surface area contributed by atoms with Crippen LogP contribution in [0.1, 0.15) is 12.7 Å². The van der Waals surface area contributed by atoms with E-state index in [1.54, 1.807) is 0 Å². The van der Waals surface area contributed by atoms with E-state index in [0.29, 0.717) is 5.82 Å². The Balaban J connectivity index is 1.82. The van der Waals surface area contributed by atoms with Gasteiger partial charge in [0.05, 0.1) is 0 Å². The highest BCUT2D eigenvalue weighted by atomic mass is 32.2. The van der Waals surface area contributed by atoms with Gasteiger partial charge in [0.25, 0.3) is 5.56 Å². The Hall–Kier alpha value is -1.01. The highest BCUT2D eigenvalue weighted by molar-refractivity contribution is 7.99. The molecule has 0 bridgehead atoms. The topological polar surface area (TPSA) is 61.0 Å². The number of nitrogens with one attached hydrogen (secondary N) is 2. The van der Waals surface area contributed by atoms with Gasteiger partial charge in [-0.15, -0.1) is 0 Å². The first-order valence-corrected chi connectivity index (χ1v) is 7.57. The van der Waals surface area contributed by atoms with Crippen molar-refractivity contribution in [1.82, 2.24) is 14.9 Å². The summed E-state index contributed by atoms with van der Waals surface area (Å²) in [7, 11) is 0. The van der Waals surface area contributed by atoms with Gasteiger partial charge in [0, 0.05) is 50.2 Å². The third-order valence-electron chi connectivity index (χ3n) is 2.96. The fraction of sp³-hybridized carbons (Fsp3) is 0.667. The Morgan fingerprint density at radius 2 is 2.28 bits per heavy atom. The number of hydrogen-bond donors (Lipinski definition) is 2. The van der Waals surface area contributed by atoms with Gasteiger partial charge in [0.15, 0.2) is 0 Å². The molecule has 1 aromatic rings. The zero-order valence-electron chi connectivity index (χ0n) is 10.7. The van der Waals surface area contributed by atoms with Crippen molar-refractivity contribution < 1.29 is 0 Å². The van der Waals surface area contributed by atoms with Gasteiger partial charge >= 0.3 is 0 Å². The van der Waals surface area contributed by atoms with Crippen LogP contribution in [-0.2, 0) is 6.42 Å². The van der Waals surface area contributed by atoms with E-state index in [1.807, 2.05) is 18.7 Å². The van der Waals surface area contributed by atoms with Crippen LogP contribution in [0.5, 0.6) is 0 Å². The number of aromatic amines is 1. The van der Waals surface area contributed by atoms with Crippen LogP contribution in [0, 0.1) is 0 Å². The molecule has 2 rings (SSSR count). The van der Waals surface area contributed by atoms with Crippen molar-refractivity contribution in [3.8, 4) is 0 Å². The number of nitrogens with zero attached hydrogens (tertiary/aromatic N) is 2. The first-order valence-electron chi connectivity index (χ1n) is 6.42. The van der Waals surface area contributed by atoms with Crippen molar-refractivity contribution in [3.63, 3.8) is 0 Å². The van der Waals surface area contributed by atoms with E-state index in [-0.39, 0.29) is 5.56 Å². The predicted molar refractivity (Wildman–Crippen MR) is 76.5 cm³/mol. The van der Waals surface area contributed by atoms with Gasteiger partial charge in [-0.25, -0.2) is 4.98 Å². The van der Waals surface area contributed by atoms with E-state index < -0.39 is 0 Å². The van der Waals surface area contributed by atoms with Crippen molar-refractivity contribution >= 4 is 17.6 Å². The number of rotatable bonds is 5. The van der Waals surface area contributed by atoms with Crippen LogP contribution >= 0.6 is 11.8 Å². The van der Waals surface area contributed by atoms with Crippen molar-refractivity contribution in [1.29, 1.82) is 0 Å². The first-order chi connectivity index (χ1) is 8.78. The molecule has 0 atom stereocenters. The SMILES string of the molecule is CCc1nc(NCCN2CCSCC2)cc(=O)[nH]1. The summed E-state index contributed by atoms with van der Waals surface area (Å²) < 4.78 is 0. The number of aryl methyl sites for hydroxylation is 1. The smallest absolute Gasteiger partial charge is 0.252 e. The minimum atomic E-state index is -0.0845. The second kappa shape index (κ2) is 6.80. The molecule has 1 aromatic heterocycles. The molecule has 100 valence electrons. The average Bonchev–Trinajstić information content (AvgIpc) is 2.39. The summed E-state index contributed by atoms with van der Waals surface area (Å²) in [4.78, 5) is 20.9. The summed E-state index contributed by atoms with van der Waals surface area (Å²) >= 11 is 2.02. The molecule has 0 saturated carbocycles. The molecule has 0 radical (unpaired) electrons. The maximum absolute atomic E-state index is 11.4. The molecular weight excluding hydrogens is 248 g/mol. The van der Waals surface area contributed by atoms with Gasteiger partial charge in [-0.1, -0.05) is 6.92 Å². The molecule has 1 aliphatic rings. The van der Waals surface area contributed by atoms with Crippen LogP contribution in [0.2, 0.25) is 0 Å².